The molecule has 4 nitrogen and oxygen atoms in total. The summed E-state index contributed by atoms with van der Waals surface area (Å²) in [6, 6.07) is 2.05. The largest absolute Gasteiger partial charge is 0.356 e. The van der Waals surface area contributed by atoms with Gasteiger partial charge in [0.25, 0.3) is 0 Å². The molecular formula is C10H14N4. The van der Waals surface area contributed by atoms with Crippen molar-refractivity contribution in [3.8, 4) is 0 Å². The summed E-state index contributed by atoms with van der Waals surface area (Å²) in [4.78, 5) is 8.43. The third kappa shape index (κ3) is 2.22. The van der Waals surface area contributed by atoms with E-state index in [0.29, 0.717) is 0 Å². The zero-order valence-corrected chi connectivity index (χ0v) is 8.25. The van der Waals surface area contributed by atoms with Crippen LogP contribution in [-0.2, 0) is 0 Å². The van der Waals surface area contributed by atoms with Crippen LogP contribution in [0.2, 0.25) is 0 Å². The standard InChI is InChI=1S/C10H14N4/c1-8-5-9(7-11-6-8)14-10-12-3-2-4-13-10/h5-7H,2-4H2,1H3,(H2,12,13,14). The first-order chi connectivity index (χ1) is 6.84. The van der Waals surface area contributed by atoms with Gasteiger partial charge in [0.15, 0.2) is 5.96 Å². The molecule has 0 bridgehead atoms. The number of hydrogen-bond donors (Lipinski definition) is 2. The fourth-order valence-corrected chi connectivity index (χ4v) is 1.38. The molecule has 2 N–H and O–H groups in total. The molecule has 1 aromatic heterocycles. The number of anilines is 1. The SMILES string of the molecule is Cc1cncc(NC2=NCCCN2)c1. The van der Waals surface area contributed by atoms with Crippen molar-refractivity contribution in [1.82, 2.24) is 10.3 Å². The first-order valence-corrected chi connectivity index (χ1v) is 4.81. The average molecular weight is 190 g/mol. The molecule has 2 heterocycles. The van der Waals surface area contributed by atoms with Crippen LogP contribution >= 0.6 is 0 Å². The highest BCUT2D eigenvalue weighted by atomic mass is 15.2. The van der Waals surface area contributed by atoms with Gasteiger partial charge < -0.3 is 10.6 Å². The van der Waals surface area contributed by atoms with Crippen molar-refractivity contribution in [2.75, 3.05) is 18.4 Å². The van der Waals surface area contributed by atoms with Gasteiger partial charge >= 0.3 is 0 Å². The van der Waals surface area contributed by atoms with E-state index in [9.17, 15) is 0 Å². The fourth-order valence-electron chi connectivity index (χ4n) is 1.38. The van der Waals surface area contributed by atoms with Gasteiger partial charge in [0, 0.05) is 19.3 Å². The molecule has 0 amide bonds. The van der Waals surface area contributed by atoms with Crippen LogP contribution in [0.4, 0.5) is 5.69 Å². The van der Waals surface area contributed by atoms with Gasteiger partial charge in [-0.2, -0.15) is 0 Å². The molecule has 0 unspecified atom stereocenters. The summed E-state index contributed by atoms with van der Waals surface area (Å²) in [5, 5.41) is 6.40. The van der Waals surface area contributed by atoms with Crippen molar-refractivity contribution in [1.29, 1.82) is 0 Å². The van der Waals surface area contributed by atoms with Crippen LogP contribution in [0.5, 0.6) is 0 Å². The molecule has 74 valence electrons. The number of hydrogen-bond acceptors (Lipinski definition) is 4. The molecule has 2 rings (SSSR count). The highest BCUT2D eigenvalue weighted by Crippen LogP contribution is 2.07. The summed E-state index contributed by atoms with van der Waals surface area (Å²) in [7, 11) is 0. The summed E-state index contributed by atoms with van der Waals surface area (Å²) < 4.78 is 0. The Morgan fingerprint density at radius 1 is 1.43 bits per heavy atom. The molecule has 0 fully saturated rings. The van der Waals surface area contributed by atoms with Gasteiger partial charge in [-0.15, -0.1) is 0 Å². The lowest BCUT2D eigenvalue weighted by Crippen LogP contribution is -2.35. The lowest BCUT2D eigenvalue weighted by Gasteiger charge is -2.15. The summed E-state index contributed by atoms with van der Waals surface area (Å²) in [5.74, 6) is 0.851. The van der Waals surface area contributed by atoms with Crippen LogP contribution in [0.15, 0.2) is 23.5 Å². The molecule has 0 atom stereocenters. The van der Waals surface area contributed by atoms with E-state index in [0.717, 1.165) is 36.7 Å². The Hall–Kier alpha value is -1.58. The lowest BCUT2D eigenvalue weighted by atomic mass is 10.3. The maximum absolute atomic E-state index is 4.32. The van der Waals surface area contributed by atoms with Gasteiger partial charge in [-0.1, -0.05) is 0 Å². The molecule has 0 aromatic carbocycles. The Morgan fingerprint density at radius 3 is 3.07 bits per heavy atom. The number of nitrogens with one attached hydrogen (secondary N) is 2. The highest BCUT2D eigenvalue weighted by molar-refractivity contribution is 5.93. The van der Waals surface area contributed by atoms with Gasteiger partial charge in [0.1, 0.15) is 0 Å². The van der Waals surface area contributed by atoms with E-state index in [1.54, 1.807) is 6.20 Å². The summed E-state index contributed by atoms with van der Waals surface area (Å²) >= 11 is 0. The summed E-state index contributed by atoms with van der Waals surface area (Å²) in [5.41, 5.74) is 2.13. The Labute approximate surface area is 83.5 Å². The Bertz CT molecular complexity index is 346. The molecule has 1 aliphatic heterocycles. The van der Waals surface area contributed by atoms with E-state index in [4.69, 9.17) is 0 Å². The van der Waals surface area contributed by atoms with Crippen LogP contribution < -0.4 is 10.6 Å². The van der Waals surface area contributed by atoms with Gasteiger partial charge in [-0.05, 0) is 25.0 Å². The molecule has 4 heteroatoms. The van der Waals surface area contributed by atoms with E-state index >= 15 is 0 Å². The number of nitrogens with zero attached hydrogens (tertiary/aromatic N) is 2. The monoisotopic (exact) mass is 190 g/mol. The van der Waals surface area contributed by atoms with Crippen LogP contribution in [0.25, 0.3) is 0 Å². The number of aliphatic imine (C=N–C) groups is 1. The average Bonchev–Trinajstić information content (AvgIpc) is 2.19. The zero-order chi connectivity index (χ0) is 9.80. The molecule has 0 spiro atoms. The first-order valence-electron chi connectivity index (χ1n) is 4.81. The van der Waals surface area contributed by atoms with Crippen molar-refractivity contribution in [2.24, 2.45) is 4.99 Å². The molecule has 14 heavy (non-hydrogen) atoms. The van der Waals surface area contributed by atoms with E-state index in [1.807, 2.05) is 19.2 Å². The van der Waals surface area contributed by atoms with Crippen LogP contribution in [0, 0.1) is 6.92 Å². The number of aryl methyl sites for hydroxylation is 1. The number of pyridine rings is 1. The van der Waals surface area contributed by atoms with Crippen LogP contribution in [0.3, 0.4) is 0 Å². The van der Waals surface area contributed by atoms with E-state index < -0.39 is 0 Å². The van der Waals surface area contributed by atoms with Crippen molar-refractivity contribution < 1.29 is 0 Å². The highest BCUT2D eigenvalue weighted by Gasteiger charge is 2.03. The second-order valence-corrected chi connectivity index (χ2v) is 3.39. The quantitative estimate of drug-likeness (QED) is 0.698. The minimum atomic E-state index is 0.851. The van der Waals surface area contributed by atoms with Crippen LogP contribution in [-0.4, -0.2) is 24.0 Å². The van der Waals surface area contributed by atoms with E-state index in [-0.39, 0.29) is 0 Å². The Balaban J connectivity index is 2.06. The predicted molar refractivity (Wildman–Crippen MR) is 57.5 cm³/mol. The second-order valence-electron chi connectivity index (χ2n) is 3.39. The number of guanidine groups is 1. The maximum Gasteiger partial charge on any atom is 0.195 e. The van der Waals surface area contributed by atoms with Crippen molar-refractivity contribution in [2.45, 2.75) is 13.3 Å². The molecule has 0 aliphatic carbocycles. The van der Waals surface area contributed by atoms with E-state index in [1.165, 1.54) is 0 Å². The summed E-state index contributed by atoms with van der Waals surface area (Å²) in [6.07, 6.45) is 4.74. The Morgan fingerprint density at radius 2 is 2.36 bits per heavy atom. The van der Waals surface area contributed by atoms with Gasteiger partial charge in [0.05, 0.1) is 11.9 Å². The minimum absolute atomic E-state index is 0.851. The molecular weight excluding hydrogens is 176 g/mol. The third-order valence-electron chi connectivity index (χ3n) is 2.03. The lowest BCUT2D eigenvalue weighted by molar-refractivity contribution is 0.740. The van der Waals surface area contributed by atoms with Gasteiger partial charge in [-0.3, -0.25) is 9.98 Å². The molecule has 1 aromatic rings. The summed E-state index contributed by atoms with van der Waals surface area (Å²) in [6.45, 7) is 3.91. The molecule has 0 saturated heterocycles. The van der Waals surface area contributed by atoms with Crippen LogP contribution in [0.1, 0.15) is 12.0 Å². The van der Waals surface area contributed by atoms with Crippen molar-refractivity contribution in [3.05, 3.63) is 24.0 Å². The van der Waals surface area contributed by atoms with Crippen molar-refractivity contribution in [3.63, 3.8) is 0 Å². The number of aromatic nitrogens is 1. The first kappa shape index (κ1) is 8.99. The fraction of sp³-hybridized carbons (Fsp3) is 0.400. The predicted octanol–water partition coefficient (Wildman–Crippen LogP) is 1.15. The normalized spacial score (nSPS) is 15.6. The van der Waals surface area contributed by atoms with Gasteiger partial charge in [0.2, 0.25) is 0 Å². The third-order valence-corrected chi connectivity index (χ3v) is 2.03. The second kappa shape index (κ2) is 4.09. The smallest absolute Gasteiger partial charge is 0.195 e. The van der Waals surface area contributed by atoms with E-state index in [2.05, 4.69) is 20.6 Å². The maximum atomic E-state index is 4.32. The molecule has 1 aliphatic rings. The Kier molecular flexibility index (Phi) is 2.62. The minimum Gasteiger partial charge on any atom is -0.356 e. The topological polar surface area (TPSA) is 49.3 Å². The molecule has 0 saturated carbocycles. The zero-order valence-electron chi connectivity index (χ0n) is 8.25. The van der Waals surface area contributed by atoms with Gasteiger partial charge in [-0.25, -0.2) is 0 Å². The van der Waals surface area contributed by atoms with Crippen molar-refractivity contribution >= 4 is 11.6 Å². The molecule has 0 radical (unpaired) electrons. The number of rotatable bonds is 1.